The molecule has 0 spiro atoms. The Morgan fingerprint density at radius 3 is 2.24 bits per heavy atom. The van der Waals surface area contributed by atoms with Crippen molar-refractivity contribution < 1.29 is 4.79 Å². The Bertz CT molecular complexity index is 542. The van der Waals surface area contributed by atoms with Crippen LogP contribution in [0.25, 0.3) is 0 Å². The number of ketones is 1. The van der Waals surface area contributed by atoms with Crippen LogP contribution in [0, 0.1) is 0 Å². The lowest BCUT2D eigenvalue weighted by Gasteiger charge is -2.04. The smallest absolute Gasteiger partial charge is 0.171 e. The lowest BCUT2D eigenvalue weighted by molar-refractivity contribution is 0.0994. The number of halogens is 3. The van der Waals surface area contributed by atoms with Crippen molar-refractivity contribution in [3.05, 3.63) is 55.2 Å². The fourth-order valence-corrected chi connectivity index (χ4v) is 3.15. The molecule has 17 heavy (non-hydrogen) atoms. The second kappa shape index (κ2) is 5.40. The summed E-state index contributed by atoms with van der Waals surface area (Å²) in [4.78, 5) is 13.0. The largest absolute Gasteiger partial charge is 0.294 e. The first-order chi connectivity index (χ1) is 8.08. The lowest BCUT2D eigenvalue weighted by Crippen LogP contribution is -2.04. The summed E-state index contributed by atoms with van der Waals surface area (Å²) >= 11 is 19.1. The van der Waals surface area contributed by atoms with Gasteiger partial charge in [-0.05, 0) is 24.3 Å². The number of thiophene rings is 1. The molecule has 1 aromatic heterocycles. The molecule has 2 aromatic rings. The second-order valence-corrected chi connectivity index (χ2v) is 6.02. The molecule has 88 valence electrons. The summed E-state index contributed by atoms with van der Waals surface area (Å²) in [6.07, 6.45) is 0.265. The van der Waals surface area contributed by atoms with Gasteiger partial charge in [-0.1, -0.05) is 40.9 Å². The van der Waals surface area contributed by atoms with E-state index < -0.39 is 0 Å². The van der Waals surface area contributed by atoms with Crippen molar-refractivity contribution in [3.8, 4) is 0 Å². The van der Waals surface area contributed by atoms with Gasteiger partial charge in [0, 0.05) is 11.3 Å². The first-order valence-electron chi connectivity index (χ1n) is 4.79. The Morgan fingerprint density at radius 2 is 1.71 bits per heavy atom. The predicted octanol–water partition coefficient (Wildman–Crippen LogP) is 5.13. The van der Waals surface area contributed by atoms with Gasteiger partial charge >= 0.3 is 0 Å². The van der Waals surface area contributed by atoms with Gasteiger partial charge in [0.1, 0.15) is 0 Å². The van der Waals surface area contributed by atoms with Crippen molar-refractivity contribution in [1.29, 1.82) is 0 Å². The molecule has 0 N–H and O–H groups in total. The van der Waals surface area contributed by atoms with Crippen LogP contribution >= 0.6 is 46.1 Å². The zero-order valence-corrected chi connectivity index (χ0v) is 11.6. The number of hydrogen-bond donors (Lipinski definition) is 0. The van der Waals surface area contributed by atoms with Gasteiger partial charge in [0.2, 0.25) is 0 Å². The maximum atomic E-state index is 12.1. The minimum Gasteiger partial charge on any atom is -0.294 e. The van der Waals surface area contributed by atoms with Crippen molar-refractivity contribution in [2.45, 2.75) is 6.42 Å². The minimum atomic E-state index is -0.0980. The quantitative estimate of drug-likeness (QED) is 0.718. The highest BCUT2D eigenvalue weighted by atomic mass is 35.5. The van der Waals surface area contributed by atoms with Gasteiger partial charge in [0.15, 0.2) is 5.78 Å². The summed E-state index contributed by atoms with van der Waals surface area (Å²) in [5, 5.41) is 0.760. The normalized spacial score (nSPS) is 10.5. The third kappa shape index (κ3) is 3.02. The van der Waals surface area contributed by atoms with Crippen LogP contribution in [0.1, 0.15) is 15.2 Å². The third-order valence-electron chi connectivity index (χ3n) is 2.21. The van der Waals surface area contributed by atoms with E-state index in [1.54, 1.807) is 24.3 Å². The molecule has 0 aliphatic carbocycles. The lowest BCUT2D eigenvalue weighted by atomic mass is 10.1. The average Bonchev–Trinajstić information content (AvgIpc) is 2.63. The molecule has 0 aliphatic rings. The fraction of sp³-hybridized carbons (Fsp3) is 0.0833. The molecule has 0 aliphatic heterocycles. The topological polar surface area (TPSA) is 17.1 Å². The van der Waals surface area contributed by atoms with Crippen LogP contribution in [-0.4, -0.2) is 5.78 Å². The Balaban J connectivity index is 2.26. The summed E-state index contributed by atoms with van der Waals surface area (Å²) in [5.74, 6) is -0.0980. The van der Waals surface area contributed by atoms with Crippen LogP contribution < -0.4 is 0 Å². The van der Waals surface area contributed by atoms with E-state index in [1.807, 2.05) is 6.07 Å². The Hall–Kier alpha value is -0.540. The van der Waals surface area contributed by atoms with Crippen molar-refractivity contribution >= 4 is 51.9 Å². The molecule has 0 atom stereocenters. The molecule has 0 unspecified atom stereocenters. The number of carbonyl (C=O) groups is 1. The Labute approximate surface area is 118 Å². The summed E-state index contributed by atoms with van der Waals surface area (Å²) in [7, 11) is 0. The number of Topliss-reactive ketones (excluding diaryl/α,β-unsaturated/α-hetero) is 1. The molecule has 0 amide bonds. The van der Waals surface area contributed by atoms with Crippen molar-refractivity contribution in [2.24, 2.45) is 0 Å². The highest BCUT2D eigenvalue weighted by Crippen LogP contribution is 2.28. The predicted molar refractivity (Wildman–Crippen MR) is 73.8 cm³/mol. The Kier molecular flexibility index (Phi) is 4.10. The van der Waals surface area contributed by atoms with Crippen LogP contribution in [0.2, 0.25) is 14.4 Å². The van der Waals surface area contributed by atoms with Crippen LogP contribution in [0.4, 0.5) is 0 Å². The molecule has 1 heterocycles. The SMILES string of the molecule is O=C(Cc1ccc(Cl)s1)c1c(Cl)cccc1Cl. The Morgan fingerprint density at radius 1 is 1.06 bits per heavy atom. The van der Waals surface area contributed by atoms with Gasteiger partial charge in [-0.3, -0.25) is 4.79 Å². The van der Waals surface area contributed by atoms with Gasteiger partial charge in [0.25, 0.3) is 0 Å². The van der Waals surface area contributed by atoms with E-state index in [-0.39, 0.29) is 12.2 Å². The summed E-state index contributed by atoms with van der Waals surface area (Å²) in [5.41, 5.74) is 0.375. The third-order valence-corrected chi connectivity index (χ3v) is 4.07. The number of hydrogen-bond acceptors (Lipinski definition) is 2. The molecule has 0 saturated carbocycles. The molecule has 2 rings (SSSR count). The maximum absolute atomic E-state index is 12.1. The molecular weight excluding hydrogens is 299 g/mol. The summed E-state index contributed by atoms with van der Waals surface area (Å²) in [6, 6.07) is 8.62. The van der Waals surface area contributed by atoms with Gasteiger partial charge in [-0.2, -0.15) is 0 Å². The van der Waals surface area contributed by atoms with Gasteiger partial charge in [-0.15, -0.1) is 11.3 Å². The highest BCUT2D eigenvalue weighted by Gasteiger charge is 2.15. The summed E-state index contributed by atoms with van der Waals surface area (Å²) in [6.45, 7) is 0. The number of benzene rings is 1. The highest BCUT2D eigenvalue weighted by molar-refractivity contribution is 7.16. The van der Waals surface area contributed by atoms with E-state index in [0.717, 1.165) is 4.88 Å². The second-order valence-electron chi connectivity index (χ2n) is 3.40. The van der Waals surface area contributed by atoms with E-state index >= 15 is 0 Å². The molecule has 0 bridgehead atoms. The monoisotopic (exact) mass is 304 g/mol. The van der Waals surface area contributed by atoms with E-state index in [2.05, 4.69) is 0 Å². The zero-order valence-electron chi connectivity index (χ0n) is 8.54. The molecule has 1 aromatic carbocycles. The van der Waals surface area contributed by atoms with Crippen LogP contribution in [0.15, 0.2) is 30.3 Å². The molecule has 5 heteroatoms. The molecular formula is C12H7Cl3OS. The average molecular weight is 306 g/mol. The van der Waals surface area contributed by atoms with Gasteiger partial charge in [-0.25, -0.2) is 0 Å². The van der Waals surface area contributed by atoms with Crippen molar-refractivity contribution in [2.75, 3.05) is 0 Å². The van der Waals surface area contributed by atoms with E-state index in [0.29, 0.717) is 19.9 Å². The van der Waals surface area contributed by atoms with Gasteiger partial charge < -0.3 is 0 Å². The zero-order chi connectivity index (χ0) is 12.4. The van der Waals surface area contributed by atoms with Crippen LogP contribution in [0.3, 0.4) is 0 Å². The first kappa shape index (κ1) is 12.9. The van der Waals surface area contributed by atoms with E-state index in [1.165, 1.54) is 11.3 Å². The summed E-state index contributed by atoms with van der Waals surface area (Å²) < 4.78 is 0.665. The van der Waals surface area contributed by atoms with Crippen molar-refractivity contribution in [1.82, 2.24) is 0 Å². The molecule has 0 fully saturated rings. The fourth-order valence-electron chi connectivity index (χ4n) is 1.46. The number of carbonyl (C=O) groups excluding carboxylic acids is 1. The maximum Gasteiger partial charge on any atom is 0.171 e. The van der Waals surface area contributed by atoms with E-state index in [9.17, 15) is 4.79 Å². The van der Waals surface area contributed by atoms with Crippen LogP contribution in [-0.2, 0) is 6.42 Å². The van der Waals surface area contributed by atoms with Gasteiger partial charge in [0.05, 0.1) is 19.9 Å². The first-order valence-corrected chi connectivity index (χ1v) is 6.74. The minimum absolute atomic E-state index is 0.0980. The van der Waals surface area contributed by atoms with E-state index in [4.69, 9.17) is 34.8 Å². The van der Waals surface area contributed by atoms with Crippen molar-refractivity contribution in [3.63, 3.8) is 0 Å². The standard InChI is InChI=1S/C12H7Cl3OS/c13-8-2-1-3-9(14)12(8)10(16)6-7-4-5-11(15)17-7/h1-5H,6H2. The number of rotatable bonds is 3. The molecule has 1 nitrogen and oxygen atoms in total. The molecule has 0 radical (unpaired) electrons. The molecule has 0 saturated heterocycles. The van der Waals surface area contributed by atoms with Crippen LogP contribution in [0.5, 0.6) is 0 Å².